The van der Waals surface area contributed by atoms with Crippen LogP contribution in [-0.2, 0) is 6.42 Å². The van der Waals surface area contributed by atoms with Crippen LogP contribution in [0.4, 0.5) is 0 Å². The van der Waals surface area contributed by atoms with E-state index in [1.165, 1.54) is 54.9 Å². The van der Waals surface area contributed by atoms with Gasteiger partial charge in [-0.25, -0.2) is 0 Å². The molecular weight excluding hydrogens is 364 g/mol. The maximum absolute atomic E-state index is 5.94. The van der Waals surface area contributed by atoms with Crippen molar-refractivity contribution in [3.63, 3.8) is 0 Å². The Morgan fingerprint density at radius 1 is 0.633 bits per heavy atom. The molecule has 0 spiro atoms. The van der Waals surface area contributed by atoms with Gasteiger partial charge in [0.05, 0.1) is 6.61 Å². The Labute approximate surface area is 182 Å². The lowest BCUT2D eigenvalue weighted by atomic mass is 10.1. The van der Waals surface area contributed by atoms with Gasteiger partial charge in [-0.15, -0.1) is 0 Å². The topological polar surface area (TPSA) is 9.23 Å². The van der Waals surface area contributed by atoms with E-state index in [9.17, 15) is 0 Å². The van der Waals surface area contributed by atoms with Crippen molar-refractivity contribution < 1.29 is 4.74 Å². The highest BCUT2D eigenvalue weighted by molar-refractivity contribution is 5.85. The average molecular weight is 399 g/mol. The first-order chi connectivity index (χ1) is 14.8. The third kappa shape index (κ3) is 6.96. The second-order valence-corrected chi connectivity index (χ2v) is 8.04. The normalized spacial score (nSPS) is 10.6. The predicted octanol–water partition coefficient (Wildman–Crippen LogP) is 7.93. The summed E-state index contributed by atoms with van der Waals surface area (Å²) in [7, 11) is 0. The van der Waals surface area contributed by atoms with Crippen molar-refractivity contribution in [3.8, 4) is 17.6 Å². The quantitative estimate of drug-likeness (QED) is 0.249. The summed E-state index contributed by atoms with van der Waals surface area (Å²) in [5.74, 6) is 7.56. The third-order valence-corrected chi connectivity index (χ3v) is 5.45. The standard InChI is InChI=1S/C29H34O/c1-3-5-7-8-9-21-30-29-20-19-27-22-26(17-18-28(27)23-29)16-15-25-13-11-24(12-14-25)10-6-4-2/h11-14,17-20,22-23H,3-10,21H2,1-2H3. The number of ether oxygens (including phenoxy) is 1. The van der Waals surface area contributed by atoms with E-state index in [0.29, 0.717) is 0 Å². The Morgan fingerprint density at radius 3 is 2.10 bits per heavy atom. The summed E-state index contributed by atoms with van der Waals surface area (Å²) in [6.45, 7) is 5.27. The lowest BCUT2D eigenvalue weighted by Crippen LogP contribution is -1.97. The van der Waals surface area contributed by atoms with Crippen LogP contribution in [0.25, 0.3) is 10.8 Å². The molecule has 30 heavy (non-hydrogen) atoms. The molecule has 0 aliphatic carbocycles. The average Bonchev–Trinajstić information content (AvgIpc) is 2.79. The fraction of sp³-hybridized carbons (Fsp3) is 0.379. The summed E-state index contributed by atoms with van der Waals surface area (Å²) in [6, 6.07) is 21.4. The van der Waals surface area contributed by atoms with Gasteiger partial charge in [-0.05, 0) is 72.0 Å². The van der Waals surface area contributed by atoms with Crippen LogP contribution in [0.5, 0.6) is 5.75 Å². The Bertz CT molecular complexity index is 973. The second kappa shape index (κ2) is 12.1. The molecule has 0 saturated carbocycles. The molecule has 0 fully saturated rings. The summed E-state index contributed by atoms with van der Waals surface area (Å²) >= 11 is 0. The highest BCUT2D eigenvalue weighted by Gasteiger charge is 2.00. The van der Waals surface area contributed by atoms with Crippen LogP contribution in [0, 0.1) is 11.8 Å². The SMILES string of the molecule is CCCCCCCOc1ccc2cc(C#Cc3ccc(CCCC)cc3)ccc2c1. The number of hydrogen-bond acceptors (Lipinski definition) is 1. The van der Waals surface area contributed by atoms with Crippen molar-refractivity contribution in [1.82, 2.24) is 0 Å². The minimum atomic E-state index is 0.802. The number of hydrogen-bond donors (Lipinski definition) is 0. The summed E-state index contributed by atoms with van der Waals surface area (Å²) in [6.07, 6.45) is 9.93. The zero-order valence-corrected chi connectivity index (χ0v) is 18.5. The summed E-state index contributed by atoms with van der Waals surface area (Å²) < 4.78 is 5.94. The van der Waals surface area contributed by atoms with Crippen LogP contribution in [0.3, 0.4) is 0 Å². The van der Waals surface area contributed by atoms with Crippen LogP contribution in [0.1, 0.15) is 75.5 Å². The van der Waals surface area contributed by atoms with Crippen LogP contribution in [0.2, 0.25) is 0 Å². The predicted molar refractivity (Wildman–Crippen MR) is 129 cm³/mol. The fourth-order valence-corrected chi connectivity index (χ4v) is 3.57. The molecule has 0 bridgehead atoms. The third-order valence-electron chi connectivity index (χ3n) is 5.45. The van der Waals surface area contributed by atoms with Crippen LogP contribution >= 0.6 is 0 Å². The minimum absolute atomic E-state index is 0.802. The molecule has 1 nitrogen and oxygen atoms in total. The molecule has 3 aromatic carbocycles. The van der Waals surface area contributed by atoms with Gasteiger partial charge < -0.3 is 4.74 Å². The Hall–Kier alpha value is -2.72. The lowest BCUT2D eigenvalue weighted by Gasteiger charge is -2.07. The van der Waals surface area contributed by atoms with Crippen LogP contribution in [-0.4, -0.2) is 6.61 Å². The van der Waals surface area contributed by atoms with Crippen molar-refractivity contribution in [2.24, 2.45) is 0 Å². The first-order valence-corrected chi connectivity index (χ1v) is 11.6. The molecule has 0 amide bonds. The molecule has 0 heterocycles. The van der Waals surface area contributed by atoms with Gasteiger partial charge in [0.15, 0.2) is 0 Å². The van der Waals surface area contributed by atoms with E-state index in [2.05, 4.69) is 86.4 Å². The molecule has 0 unspecified atom stereocenters. The molecule has 3 rings (SSSR count). The number of rotatable bonds is 10. The molecule has 1 heteroatoms. The van der Waals surface area contributed by atoms with Gasteiger partial charge in [0.25, 0.3) is 0 Å². The molecule has 0 aliphatic rings. The van der Waals surface area contributed by atoms with E-state index in [0.717, 1.165) is 36.3 Å². The van der Waals surface area contributed by atoms with Crippen molar-refractivity contribution in [2.75, 3.05) is 6.61 Å². The molecule has 0 N–H and O–H groups in total. The lowest BCUT2D eigenvalue weighted by molar-refractivity contribution is 0.305. The minimum Gasteiger partial charge on any atom is -0.494 e. The van der Waals surface area contributed by atoms with E-state index in [4.69, 9.17) is 4.74 Å². The fourth-order valence-electron chi connectivity index (χ4n) is 3.57. The highest BCUT2D eigenvalue weighted by Crippen LogP contribution is 2.22. The molecule has 0 atom stereocenters. The molecule has 0 radical (unpaired) electrons. The number of fused-ring (bicyclic) bond motifs is 1. The first-order valence-electron chi connectivity index (χ1n) is 11.6. The van der Waals surface area contributed by atoms with E-state index in [-0.39, 0.29) is 0 Å². The second-order valence-electron chi connectivity index (χ2n) is 8.04. The molecule has 156 valence electrons. The van der Waals surface area contributed by atoms with E-state index in [1.807, 2.05) is 0 Å². The number of unbranched alkanes of at least 4 members (excludes halogenated alkanes) is 5. The molecule has 3 aromatic rings. The Kier molecular flexibility index (Phi) is 8.85. The van der Waals surface area contributed by atoms with Gasteiger partial charge in [0, 0.05) is 11.1 Å². The van der Waals surface area contributed by atoms with Gasteiger partial charge in [-0.2, -0.15) is 0 Å². The number of aryl methyl sites for hydroxylation is 1. The van der Waals surface area contributed by atoms with Crippen molar-refractivity contribution in [1.29, 1.82) is 0 Å². The molecular formula is C29H34O. The maximum Gasteiger partial charge on any atom is 0.119 e. The summed E-state index contributed by atoms with van der Waals surface area (Å²) in [5.41, 5.74) is 3.51. The van der Waals surface area contributed by atoms with Crippen molar-refractivity contribution in [2.45, 2.75) is 65.2 Å². The van der Waals surface area contributed by atoms with Gasteiger partial charge in [-0.3, -0.25) is 0 Å². The van der Waals surface area contributed by atoms with Crippen molar-refractivity contribution >= 4 is 10.8 Å². The summed E-state index contributed by atoms with van der Waals surface area (Å²) in [4.78, 5) is 0. The molecule has 0 aliphatic heterocycles. The number of benzene rings is 3. The summed E-state index contributed by atoms with van der Waals surface area (Å²) in [5, 5.41) is 2.40. The molecule has 0 aromatic heterocycles. The van der Waals surface area contributed by atoms with E-state index < -0.39 is 0 Å². The Morgan fingerprint density at radius 2 is 1.30 bits per heavy atom. The molecule has 0 saturated heterocycles. The maximum atomic E-state index is 5.94. The van der Waals surface area contributed by atoms with Crippen molar-refractivity contribution in [3.05, 3.63) is 77.4 Å². The van der Waals surface area contributed by atoms with Gasteiger partial charge in [0.2, 0.25) is 0 Å². The van der Waals surface area contributed by atoms with Crippen LogP contribution < -0.4 is 4.74 Å². The van der Waals surface area contributed by atoms with E-state index in [1.54, 1.807) is 0 Å². The smallest absolute Gasteiger partial charge is 0.119 e. The first kappa shape index (κ1) is 22.0. The largest absolute Gasteiger partial charge is 0.494 e. The Balaban J connectivity index is 1.59. The zero-order valence-electron chi connectivity index (χ0n) is 18.5. The van der Waals surface area contributed by atoms with Gasteiger partial charge in [0.1, 0.15) is 5.75 Å². The monoisotopic (exact) mass is 398 g/mol. The van der Waals surface area contributed by atoms with Gasteiger partial charge in [-0.1, -0.05) is 82.1 Å². The van der Waals surface area contributed by atoms with Gasteiger partial charge >= 0.3 is 0 Å². The van der Waals surface area contributed by atoms with Crippen LogP contribution in [0.15, 0.2) is 60.7 Å². The highest BCUT2D eigenvalue weighted by atomic mass is 16.5. The zero-order chi connectivity index (χ0) is 21.0. The van der Waals surface area contributed by atoms with E-state index >= 15 is 0 Å².